The molecule has 1 aliphatic heterocycles. The number of carbonyl (C=O) groups is 1. The summed E-state index contributed by atoms with van der Waals surface area (Å²) in [5.41, 5.74) is 3.51. The largest absolute Gasteiger partial charge is 0.323 e. The Labute approximate surface area is 108 Å². The molecule has 2 rings (SSSR count). The number of anilines is 1. The first-order valence-corrected chi connectivity index (χ1v) is 6.09. The lowest BCUT2D eigenvalue weighted by Gasteiger charge is -2.04. The van der Waals surface area contributed by atoms with Crippen LogP contribution in [0.3, 0.4) is 0 Å². The first-order valence-electron chi connectivity index (χ1n) is 6.09. The Bertz CT molecular complexity index is 503. The van der Waals surface area contributed by atoms with Crippen LogP contribution in [0.25, 0.3) is 0 Å². The Morgan fingerprint density at radius 2 is 2.06 bits per heavy atom. The molecule has 0 aliphatic carbocycles. The molecule has 0 radical (unpaired) electrons. The summed E-state index contributed by atoms with van der Waals surface area (Å²) in [6.45, 7) is 3.86. The van der Waals surface area contributed by atoms with E-state index in [1.54, 1.807) is 6.08 Å². The summed E-state index contributed by atoms with van der Waals surface area (Å²) in [5.74, 6) is -0.0978. The van der Waals surface area contributed by atoms with Gasteiger partial charge in [0, 0.05) is 24.9 Å². The van der Waals surface area contributed by atoms with Crippen molar-refractivity contribution in [1.82, 2.24) is 4.90 Å². The van der Waals surface area contributed by atoms with E-state index >= 15 is 0 Å². The maximum atomic E-state index is 11.6. The highest BCUT2D eigenvalue weighted by atomic mass is 16.1. The third-order valence-electron chi connectivity index (χ3n) is 2.91. The average molecular weight is 242 g/mol. The van der Waals surface area contributed by atoms with Gasteiger partial charge in [-0.25, -0.2) is 0 Å². The van der Waals surface area contributed by atoms with Crippen LogP contribution < -0.4 is 5.32 Å². The zero-order valence-electron chi connectivity index (χ0n) is 10.8. The van der Waals surface area contributed by atoms with Crippen molar-refractivity contribution in [3.63, 3.8) is 0 Å². The van der Waals surface area contributed by atoms with E-state index in [2.05, 4.69) is 29.4 Å². The van der Waals surface area contributed by atoms with Crippen LogP contribution in [0.2, 0.25) is 0 Å². The summed E-state index contributed by atoms with van der Waals surface area (Å²) in [5, 5.41) is 2.87. The molecule has 94 valence electrons. The molecular formula is C15H18N2O. The van der Waals surface area contributed by atoms with Gasteiger partial charge in [0.1, 0.15) is 0 Å². The van der Waals surface area contributed by atoms with Crippen LogP contribution in [0.15, 0.2) is 42.5 Å². The minimum Gasteiger partial charge on any atom is -0.323 e. The van der Waals surface area contributed by atoms with Gasteiger partial charge < -0.3 is 5.32 Å². The van der Waals surface area contributed by atoms with Crippen molar-refractivity contribution in [3.05, 3.63) is 53.6 Å². The number of hydrogen-bond acceptors (Lipinski definition) is 2. The number of hydrogen-bond donors (Lipinski definition) is 1. The van der Waals surface area contributed by atoms with Crippen LogP contribution in [0.1, 0.15) is 18.1 Å². The quantitative estimate of drug-likeness (QED) is 0.653. The summed E-state index contributed by atoms with van der Waals surface area (Å²) in [7, 11) is 2.10. The molecule has 1 aromatic rings. The summed E-state index contributed by atoms with van der Waals surface area (Å²) in [6.07, 6.45) is 6.97. The fraction of sp³-hybridized carbons (Fsp3) is 0.267. The Hall–Kier alpha value is -1.87. The van der Waals surface area contributed by atoms with Gasteiger partial charge in [0.15, 0.2) is 0 Å². The maximum absolute atomic E-state index is 11.6. The van der Waals surface area contributed by atoms with Gasteiger partial charge in [-0.15, -0.1) is 0 Å². The van der Waals surface area contributed by atoms with Crippen LogP contribution in [0.4, 0.5) is 5.69 Å². The SMILES string of the molecule is C/C=C/C=C/C(=O)Nc1ccc2c(c1)CN(C)C2. The Balaban J connectivity index is 2.03. The third kappa shape index (κ3) is 3.08. The molecule has 0 aromatic heterocycles. The smallest absolute Gasteiger partial charge is 0.248 e. The summed E-state index contributed by atoms with van der Waals surface area (Å²) >= 11 is 0. The molecule has 0 saturated heterocycles. The van der Waals surface area contributed by atoms with E-state index in [1.165, 1.54) is 17.2 Å². The number of carbonyl (C=O) groups excluding carboxylic acids is 1. The molecule has 1 amide bonds. The first-order chi connectivity index (χ1) is 8.69. The van der Waals surface area contributed by atoms with Crippen molar-refractivity contribution in [1.29, 1.82) is 0 Å². The number of amides is 1. The van der Waals surface area contributed by atoms with Gasteiger partial charge in [0.25, 0.3) is 0 Å². The van der Waals surface area contributed by atoms with Gasteiger partial charge in [-0.1, -0.05) is 24.3 Å². The molecule has 0 atom stereocenters. The predicted octanol–water partition coefficient (Wildman–Crippen LogP) is 2.70. The highest BCUT2D eigenvalue weighted by molar-refractivity contribution is 5.99. The van der Waals surface area contributed by atoms with Gasteiger partial charge in [-0.2, -0.15) is 0 Å². The molecule has 0 fully saturated rings. The Kier molecular flexibility index (Phi) is 3.95. The number of allylic oxidation sites excluding steroid dienone is 3. The second-order valence-corrected chi connectivity index (χ2v) is 4.53. The van der Waals surface area contributed by atoms with Crippen LogP contribution in [0.5, 0.6) is 0 Å². The minimum absolute atomic E-state index is 0.0978. The van der Waals surface area contributed by atoms with Gasteiger partial charge >= 0.3 is 0 Å². The van der Waals surface area contributed by atoms with E-state index in [0.29, 0.717) is 0 Å². The minimum atomic E-state index is -0.0978. The molecule has 1 aliphatic rings. The van der Waals surface area contributed by atoms with Gasteiger partial charge in [0.05, 0.1) is 0 Å². The average Bonchev–Trinajstić information content (AvgIpc) is 2.69. The van der Waals surface area contributed by atoms with Crippen molar-refractivity contribution in [2.75, 3.05) is 12.4 Å². The van der Waals surface area contributed by atoms with Crippen molar-refractivity contribution in [3.8, 4) is 0 Å². The van der Waals surface area contributed by atoms with Crippen molar-refractivity contribution in [2.24, 2.45) is 0 Å². The molecular weight excluding hydrogens is 224 g/mol. The van der Waals surface area contributed by atoms with E-state index in [0.717, 1.165) is 18.8 Å². The van der Waals surface area contributed by atoms with Gasteiger partial charge in [0.2, 0.25) is 5.91 Å². The predicted molar refractivity (Wildman–Crippen MR) is 74.2 cm³/mol. The van der Waals surface area contributed by atoms with E-state index < -0.39 is 0 Å². The molecule has 0 bridgehead atoms. The summed E-state index contributed by atoms with van der Waals surface area (Å²) in [4.78, 5) is 13.9. The lowest BCUT2D eigenvalue weighted by molar-refractivity contribution is -0.111. The zero-order valence-corrected chi connectivity index (χ0v) is 10.8. The standard InChI is InChI=1S/C15H18N2O/c1-3-4-5-6-15(18)16-14-8-7-12-10-17(2)11-13(12)9-14/h3-9H,10-11H2,1-2H3,(H,16,18)/b4-3+,6-5+. The highest BCUT2D eigenvalue weighted by Crippen LogP contribution is 2.24. The Morgan fingerprint density at radius 1 is 1.28 bits per heavy atom. The third-order valence-corrected chi connectivity index (χ3v) is 2.91. The van der Waals surface area contributed by atoms with Gasteiger partial charge in [-0.05, 0) is 37.2 Å². The van der Waals surface area contributed by atoms with Gasteiger partial charge in [-0.3, -0.25) is 9.69 Å². The zero-order chi connectivity index (χ0) is 13.0. The lowest BCUT2D eigenvalue weighted by atomic mass is 10.1. The van der Waals surface area contributed by atoms with Crippen molar-refractivity contribution >= 4 is 11.6 Å². The van der Waals surface area contributed by atoms with E-state index in [4.69, 9.17) is 0 Å². The molecule has 1 N–H and O–H groups in total. The van der Waals surface area contributed by atoms with E-state index in [9.17, 15) is 4.79 Å². The molecule has 3 nitrogen and oxygen atoms in total. The fourth-order valence-corrected chi connectivity index (χ4v) is 2.08. The highest BCUT2D eigenvalue weighted by Gasteiger charge is 2.15. The topological polar surface area (TPSA) is 32.3 Å². The Morgan fingerprint density at radius 3 is 2.83 bits per heavy atom. The lowest BCUT2D eigenvalue weighted by Crippen LogP contribution is -2.08. The van der Waals surface area contributed by atoms with Crippen LogP contribution in [0, 0.1) is 0 Å². The van der Waals surface area contributed by atoms with Crippen LogP contribution in [-0.2, 0) is 17.9 Å². The van der Waals surface area contributed by atoms with Crippen molar-refractivity contribution in [2.45, 2.75) is 20.0 Å². The molecule has 0 unspecified atom stereocenters. The van der Waals surface area contributed by atoms with Crippen LogP contribution >= 0.6 is 0 Å². The molecule has 3 heteroatoms. The molecule has 0 spiro atoms. The normalized spacial score (nSPS) is 15.4. The monoisotopic (exact) mass is 242 g/mol. The molecule has 1 aromatic carbocycles. The second kappa shape index (κ2) is 5.65. The summed E-state index contributed by atoms with van der Waals surface area (Å²) < 4.78 is 0. The van der Waals surface area contributed by atoms with Crippen LogP contribution in [-0.4, -0.2) is 17.9 Å². The molecule has 18 heavy (non-hydrogen) atoms. The number of benzene rings is 1. The number of fused-ring (bicyclic) bond motifs is 1. The summed E-state index contributed by atoms with van der Waals surface area (Å²) in [6, 6.07) is 6.10. The van der Waals surface area contributed by atoms with E-state index in [1.807, 2.05) is 25.1 Å². The second-order valence-electron chi connectivity index (χ2n) is 4.53. The fourth-order valence-electron chi connectivity index (χ4n) is 2.08. The number of rotatable bonds is 3. The number of nitrogens with zero attached hydrogens (tertiary/aromatic N) is 1. The van der Waals surface area contributed by atoms with Crippen molar-refractivity contribution < 1.29 is 4.79 Å². The first kappa shape index (κ1) is 12.6. The molecule has 0 saturated carbocycles. The maximum Gasteiger partial charge on any atom is 0.248 e. The number of nitrogens with one attached hydrogen (secondary N) is 1. The van der Waals surface area contributed by atoms with E-state index in [-0.39, 0.29) is 5.91 Å². The molecule has 1 heterocycles.